The van der Waals surface area contributed by atoms with Crippen molar-refractivity contribution in [1.82, 2.24) is 10.3 Å². The Labute approximate surface area is 170 Å². The zero-order chi connectivity index (χ0) is 20.8. The van der Waals surface area contributed by atoms with E-state index in [1.165, 1.54) is 35.6 Å². The number of hydrogen-bond acceptors (Lipinski definition) is 6. The van der Waals surface area contributed by atoms with Gasteiger partial charge in [0.15, 0.2) is 5.13 Å². The summed E-state index contributed by atoms with van der Waals surface area (Å²) in [7, 11) is 0. The third-order valence-corrected chi connectivity index (χ3v) is 4.83. The molecule has 0 aliphatic heterocycles. The van der Waals surface area contributed by atoms with E-state index in [1.54, 1.807) is 0 Å². The summed E-state index contributed by atoms with van der Waals surface area (Å²) in [6.45, 7) is 2.15. The van der Waals surface area contributed by atoms with E-state index in [-0.39, 0.29) is 24.6 Å². The molecule has 0 aliphatic carbocycles. The molecule has 148 valence electrons. The van der Waals surface area contributed by atoms with Gasteiger partial charge in [-0.2, -0.15) is 0 Å². The van der Waals surface area contributed by atoms with E-state index in [9.17, 15) is 19.7 Å². The number of nitrogens with one attached hydrogen (secondary N) is 2. The van der Waals surface area contributed by atoms with Crippen molar-refractivity contribution >= 4 is 34.0 Å². The SMILES string of the molecule is Cc1ccc(-c2csc(NC(=O)CCNC(=O)c3ccc([N+](=O)[O-])cc3)n2)cc1. The zero-order valence-corrected chi connectivity index (χ0v) is 16.4. The molecule has 29 heavy (non-hydrogen) atoms. The van der Waals surface area contributed by atoms with Crippen molar-refractivity contribution in [3.05, 3.63) is 75.2 Å². The van der Waals surface area contributed by atoms with Gasteiger partial charge in [-0.1, -0.05) is 29.8 Å². The lowest BCUT2D eigenvalue weighted by molar-refractivity contribution is -0.384. The molecule has 0 atom stereocenters. The molecular weight excluding hydrogens is 392 g/mol. The van der Waals surface area contributed by atoms with Gasteiger partial charge in [0.2, 0.25) is 5.91 Å². The number of carbonyl (C=O) groups is 2. The Kier molecular flexibility index (Phi) is 6.30. The van der Waals surface area contributed by atoms with Crippen molar-refractivity contribution in [2.24, 2.45) is 0 Å². The number of benzene rings is 2. The Hall–Kier alpha value is -3.59. The van der Waals surface area contributed by atoms with Crippen LogP contribution in [-0.2, 0) is 4.79 Å². The third-order valence-electron chi connectivity index (χ3n) is 4.08. The largest absolute Gasteiger partial charge is 0.352 e. The summed E-state index contributed by atoms with van der Waals surface area (Å²) in [6.07, 6.45) is 0.0815. The fourth-order valence-corrected chi connectivity index (χ4v) is 3.23. The summed E-state index contributed by atoms with van der Waals surface area (Å²) < 4.78 is 0. The molecule has 0 fully saturated rings. The number of nitrogens with zero attached hydrogens (tertiary/aromatic N) is 2. The van der Waals surface area contributed by atoms with Crippen LogP contribution in [0.1, 0.15) is 22.3 Å². The first-order valence-corrected chi connectivity index (χ1v) is 9.65. The second-order valence-corrected chi connectivity index (χ2v) is 7.12. The maximum absolute atomic E-state index is 12.1. The molecule has 0 spiro atoms. The van der Waals surface area contributed by atoms with Crippen molar-refractivity contribution in [3.63, 3.8) is 0 Å². The molecule has 0 saturated heterocycles. The van der Waals surface area contributed by atoms with Crippen molar-refractivity contribution < 1.29 is 14.5 Å². The molecule has 0 radical (unpaired) electrons. The van der Waals surface area contributed by atoms with Crippen molar-refractivity contribution in [1.29, 1.82) is 0 Å². The van der Waals surface area contributed by atoms with E-state index in [0.717, 1.165) is 16.8 Å². The van der Waals surface area contributed by atoms with Crippen LogP contribution in [0, 0.1) is 17.0 Å². The molecule has 0 unspecified atom stereocenters. The van der Waals surface area contributed by atoms with E-state index in [1.807, 2.05) is 36.6 Å². The number of hydrogen-bond donors (Lipinski definition) is 2. The van der Waals surface area contributed by atoms with Crippen LogP contribution < -0.4 is 10.6 Å². The molecule has 1 heterocycles. The molecule has 2 N–H and O–H groups in total. The minimum absolute atomic E-state index is 0.0815. The molecular formula is C20H18N4O4S. The predicted molar refractivity (Wildman–Crippen MR) is 111 cm³/mol. The smallest absolute Gasteiger partial charge is 0.269 e. The fraction of sp³-hybridized carbons (Fsp3) is 0.150. The van der Waals surface area contributed by atoms with E-state index in [4.69, 9.17) is 0 Å². The maximum atomic E-state index is 12.1. The molecule has 2 aromatic carbocycles. The van der Waals surface area contributed by atoms with Gasteiger partial charge in [-0.05, 0) is 19.1 Å². The van der Waals surface area contributed by atoms with Gasteiger partial charge in [-0.25, -0.2) is 4.98 Å². The average Bonchev–Trinajstić information content (AvgIpc) is 3.16. The highest BCUT2D eigenvalue weighted by Crippen LogP contribution is 2.25. The van der Waals surface area contributed by atoms with Gasteiger partial charge in [-0.15, -0.1) is 11.3 Å². The van der Waals surface area contributed by atoms with Gasteiger partial charge in [0, 0.05) is 41.6 Å². The van der Waals surface area contributed by atoms with Gasteiger partial charge in [0.05, 0.1) is 10.6 Å². The molecule has 1 aromatic heterocycles. The van der Waals surface area contributed by atoms with Crippen LogP contribution in [0.15, 0.2) is 53.9 Å². The van der Waals surface area contributed by atoms with Crippen LogP contribution in [0.25, 0.3) is 11.3 Å². The van der Waals surface area contributed by atoms with E-state index >= 15 is 0 Å². The Morgan fingerprint density at radius 3 is 2.45 bits per heavy atom. The number of aromatic nitrogens is 1. The molecule has 0 aliphatic rings. The van der Waals surface area contributed by atoms with Crippen LogP contribution in [0.5, 0.6) is 0 Å². The number of anilines is 1. The number of amides is 2. The lowest BCUT2D eigenvalue weighted by Crippen LogP contribution is -2.27. The highest BCUT2D eigenvalue weighted by atomic mass is 32.1. The molecule has 2 amide bonds. The molecule has 9 heteroatoms. The molecule has 3 rings (SSSR count). The van der Waals surface area contributed by atoms with Gasteiger partial charge < -0.3 is 10.6 Å². The van der Waals surface area contributed by atoms with Gasteiger partial charge in [0.25, 0.3) is 11.6 Å². The topological polar surface area (TPSA) is 114 Å². The minimum Gasteiger partial charge on any atom is -0.352 e. The lowest BCUT2D eigenvalue weighted by atomic mass is 10.1. The van der Waals surface area contributed by atoms with Gasteiger partial charge >= 0.3 is 0 Å². The van der Waals surface area contributed by atoms with E-state index in [2.05, 4.69) is 15.6 Å². The zero-order valence-electron chi connectivity index (χ0n) is 15.5. The summed E-state index contributed by atoms with van der Waals surface area (Å²) in [6, 6.07) is 13.2. The summed E-state index contributed by atoms with van der Waals surface area (Å²) in [5, 5.41) is 18.3. The first-order valence-electron chi connectivity index (χ1n) is 8.77. The summed E-state index contributed by atoms with van der Waals surface area (Å²) in [5.74, 6) is -0.664. The third kappa shape index (κ3) is 5.45. The first-order chi connectivity index (χ1) is 13.9. The second kappa shape index (κ2) is 9.07. The number of nitro benzene ring substituents is 1. The normalized spacial score (nSPS) is 10.4. The molecule has 3 aromatic rings. The first kappa shape index (κ1) is 20.2. The minimum atomic E-state index is -0.533. The number of rotatable bonds is 7. The monoisotopic (exact) mass is 410 g/mol. The Balaban J connectivity index is 1.47. The van der Waals surface area contributed by atoms with Crippen LogP contribution >= 0.6 is 11.3 Å². The van der Waals surface area contributed by atoms with Crippen LogP contribution in [0.4, 0.5) is 10.8 Å². The maximum Gasteiger partial charge on any atom is 0.269 e. The Bertz CT molecular complexity index is 1030. The molecule has 0 saturated carbocycles. The standard InChI is InChI=1S/C20H18N4O4S/c1-13-2-4-14(5-3-13)17-12-29-20(22-17)23-18(25)10-11-21-19(26)15-6-8-16(9-7-15)24(27)28/h2-9,12H,10-11H2,1H3,(H,21,26)(H,22,23,25). The molecule has 0 bridgehead atoms. The van der Waals surface area contributed by atoms with Crippen molar-refractivity contribution in [2.75, 3.05) is 11.9 Å². The fourth-order valence-electron chi connectivity index (χ4n) is 2.50. The number of non-ortho nitro benzene ring substituents is 1. The molecule has 8 nitrogen and oxygen atoms in total. The number of carbonyl (C=O) groups excluding carboxylic acids is 2. The number of nitro groups is 1. The Morgan fingerprint density at radius 1 is 1.10 bits per heavy atom. The summed E-state index contributed by atoms with van der Waals surface area (Å²) in [5.41, 5.74) is 3.13. The Morgan fingerprint density at radius 2 is 1.79 bits per heavy atom. The van der Waals surface area contributed by atoms with Gasteiger partial charge in [-0.3, -0.25) is 19.7 Å². The van der Waals surface area contributed by atoms with Crippen LogP contribution in [-0.4, -0.2) is 28.3 Å². The van der Waals surface area contributed by atoms with Crippen LogP contribution in [0.3, 0.4) is 0 Å². The van der Waals surface area contributed by atoms with E-state index in [0.29, 0.717) is 10.7 Å². The van der Waals surface area contributed by atoms with Crippen molar-refractivity contribution in [2.45, 2.75) is 13.3 Å². The highest BCUT2D eigenvalue weighted by Gasteiger charge is 2.11. The van der Waals surface area contributed by atoms with Crippen LogP contribution in [0.2, 0.25) is 0 Å². The van der Waals surface area contributed by atoms with E-state index < -0.39 is 10.8 Å². The average molecular weight is 410 g/mol. The quantitative estimate of drug-likeness (QED) is 0.454. The van der Waals surface area contributed by atoms with Crippen molar-refractivity contribution in [3.8, 4) is 11.3 Å². The summed E-state index contributed by atoms with van der Waals surface area (Å²) in [4.78, 5) is 38.6. The lowest BCUT2D eigenvalue weighted by Gasteiger charge is -2.05. The summed E-state index contributed by atoms with van der Waals surface area (Å²) >= 11 is 1.33. The number of thiazole rings is 1. The number of aryl methyl sites for hydroxylation is 1. The second-order valence-electron chi connectivity index (χ2n) is 6.26. The highest BCUT2D eigenvalue weighted by molar-refractivity contribution is 7.14. The van der Waals surface area contributed by atoms with Gasteiger partial charge in [0.1, 0.15) is 0 Å². The predicted octanol–water partition coefficient (Wildman–Crippen LogP) is 3.79.